The molecule has 0 aliphatic rings. The average Bonchev–Trinajstić information content (AvgIpc) is 1.74. The van der Waals surface area contributed by atoms with E-state index in [1.807, 2.05) is 66.7 Å². The Bertz CT molecular complexity index is 4740. The van der Waals surface area contributed by atoms with Crippen LogP contribution in [0, 0.1) is 16.2 Å². The van der Waals surface area contributed by atoms with Crippen molar-refractivity contribution in [2.75, 3.05) is 26.2 Å². The summed E-state index contributed by atoms with van der Waals surface area (Å²) < 4.78 is 0. The number of phenolic OH excluding ortho intramolecular Hbond substituents is 1. The summed E-state index contributed by atoms with van der Waals surface area (Å²) in [6, 6.07) is 22.0. The normalized spacial score (nSPS) is 13.7. The number of nitrogens with two attached hydrogens (primary N) is 5. The Hall–Kier alpha value is -13.0. The molecule has 0 bridgehead atoms. The summed E-state index contributed by atoms with van der Waals surface area (Å²) in [5.74, 6) is -9.14. The number of carboxylic acids is 1. The lowest BCUT2D eigenvalue weighted by Gasteiger charge is -2.28. The fraction of sp³-hybridized carbons (Fsp3) is 0.351. The maximum atomic E-state index is 15.7. The largest absolute Gasteiger partial charge is 0.508 e. The van der Waals surface area contributed by atoms with Crippen molar-refractivity contribution in [3.8, 4) is 5.75 Å². The maximum Gasteiger partial charge on any atom is 0.326 e. The first-order valence-electron chi connectivity index (χ1n) is 36.7. The summed E-state index contributed by atoms with van der Waals surface area (Å²) >= 11 is 0. The third kappa shape index (κ3) is 24.0. The van der Waals surface area contributed by atoms with Crippen molar-refractivity contribution in [2.24, 2.45) is 28.7 Å². The number of para-hydroxylation sites is 4. The second kappa shape index (κ2) is 40.3. The number of phenols is 1. The molecular weight excluding hydrogens is 1420 g/mol. The number of amides is 8. The fourth-order valence-corrected chi connectivity index (χ4v) is 13.2. The molecule has 9 aromatic rings. The highest BCUT2D eigenvalue weighted by Crippen LogP contribution is 2.25. The lowest BCUT2D eigenvalue weighted by Crippen LogP contribution is -2.61. The van der Waals surface area contributed by atoms with Crippen LogP contribution in [-0.2, 0) is 75.3 Å². The van der Waals surface area contributed by atoms with Crippen molar-refractivity contribution in [3.05, 3.63) is 174 Å². The van der Waals surface area contributed by atoms with E-state index in [4.69, 9.17) is 44.9 Å². The number of unbranched alkanes of at least 4 members (excludes halogenated alkanes) is 1. The second-order valence-electron chi connectivity index (χ2n) is 27.3. The smallest absolute Gasteiger partial charge is 0.326 e. The van der Waals surface area contributed by atoms with E-state index < -0.39 is 108 Å². The van der Waals surface area contributed by atoms with Crippen LogP contribution in [0.1, 0.15) is 85.6 Å². The molecule has 8 amide bonds. The van der Waals surface area contributed by atoms with E-state index in [-0.39, 0.29) is 127 Å². The van der Waals surface area contributed by atoms with Crippen LogP contribution in [0.4, 0.5) is 0 Å². The summed E-state index contributed by atoms with van der Waals surface area (Å²) in [5.41, 5.74) is 34.8. The molecule has 4 heterocycles. The van der Waals surface area contributed by atoms with Crippen molar-refractivity contribution >= 4 is 115 Å². The Kier molecular flexibility index (Phi) is 29.8. The van der Waals surface area contributed by atoms with E-state index in [2.05, 4.69) is 78.4 Å². The molecule has 111 heavy (non-hydrogen) atoms. The number of benzene rings is 5. The molecule has 4 aromatic heterocycles. The van der Waals surface area contributed by atoms with E-state index in [1.54, 1.807) is 55.1 Å². The molecule has 0 saturated carbocycles. The predicted octanol–water partition coefficient (Wildman–Crippen LogP) is 1.04. The number of guanidine groups is 3. The van der Waals surface area contributed by atoms with Gasteiger partial charge in [0, 0.05) is 120 Å². The van der Waals surface area contributed by atoms with Crippen LogP contribution in [-0.4, -0.2) is 182 Å². The van der Waals surface area contributed by atoms with Crippen LogP contribution < -0.4 is 87.2 Å². The molecule has 0 unspecified atom stereocenters. The number of rotatable bonds is 43. The van der Waals surface area contributed by atoms with Gasteiger partial charge in [-0.3, -0.25) is 54.6 Å². The highest BCUT2D eigenvalue weighted by atomic mass is 16.4. The number of carbonyl (C=O) groups is 9. The van der Waals surface area contributed by atoms with Gasteiger partial charge in [0.1, 0.15) is 54.1 Å². The molecule has 34 nitrogen and oxygen atoms in total. The van der Waals surface area contributed by atoms with Gasteiger partial charge in [0.05, 0.1) is 6.04 Å². The van der Waals surface area contributed by atoms with E-state index >= 15 is 24.0 Å². The number of H-pyrrole nitrogens is 4. The first kappa shape index (κ1) is 82.1. The topological polar surface area (TPSA) is 591 Å². The highest BCUT2D eigenvalue weighted by Gasteiger charge is 2.37. The number of hydrogen-bond donors (Lipinski definition) is 25. The zero-order valence-electron chi connectivity index (χ0n) is 61.2. The van der Waals surface area contributed by atoms with E-state index in [9.17, 15) is 29.4 Å². The van der Waals surface area contributed by atoms with Gasteiger partial charge < -0.3 is 117 Å². The third-order valence-corrected chi connectivity index (χ3v) is 19.1. The second-order valence-corrected chi connectivity index (χ2v) is 27.3. The van der Waals surface area contributed by atoms with Gasteiger partial charge in [0.15, 0.2) is 17.9 Å². The van der Waals surface area contributed by atoms with Gasteiger partial charge in [-0.15, -0.1) is 0 Å². The van der Waals surface area contributed by atoms with Gasteiger partial charge in [-0.25, -0.2) is 4.79 Å². The Morgan fingerprint density at radius 2 is 0.631 bits per heavy atom. The Balaban J connectivity index is 1.02. The molecule has 588 valence electrons. The minimum absolute atomic E-state index is 0.0556. The van der Waals surface area contributed by atoms with Crippen molar-refractivity contribution in [1.82, 2.24) is 78.4 Å². The quantitative estimate of drug-likeness (QED) is 0.0144. The molecule has 5 aromatic carbocycles. The van der Waals surface area contributed by atoms with Gasteiger partial charge in [-0.1, -0.05) is 84.9 Å². The van der Waals surface area contributed by atoms with Crippen LogP contribution in [0.15, 0.2) is 146 Å². The predicted molar refractivity (Wildman–Crippen MR) is 421 cm³/mol. The highest BCUT2D eigenvalue weighted by molar-refractivity contribution is 6.00. The van der Waals surface area contributed by atoms with Gasteiger partial charge in [0.25, 0.3) is 0 Å². The number of aromatic amines is 4. The molecule has 0 radical (unpaired) electrons. The van der Waals surface area contributed by atoms with E-state index in [1.165, 1.54) is 24.3 Å². The van der Waals surface area contributed by atoms with Gasteiger partial charge in [-0.2, -0.15) is 0 Å². The van der Waals surface area contributed by atoms with Crippen molar-refractivity contribution in [1.29, 1.82) is 16.2 Å². The molecule has 0 aliphatic heterocycles. The number of aromatic nitrogens is 4. The Labute approximate surface area is 638 Å². The van der Waals surface area contributed by atoms with Gasteiger partial charge in [-0.05, 0) is 129 Å². The molecular formula is C77H99N23O11. The fourth-order valence-electron chi connectivity index (χ4n) is 13.2. The zero-order valence-corrected chi connectivity index (χ0v) is 61.2. The number of aliphatic carboxylic acids is 1. The Morgan fingerprint density at radius 3 is 0.946 bits per heavy atom. The standard InChI is InChI=1S/C77H99N23O11/c78-30-10-9-23-58(67(103)93-59(24-12-32-87-76(82)83)68(104)98-64(38-47-42-92-57-22-8-4-17-52(47)57)73(109)100-65(74(110)111)34-43-26-28-48(101)29-27-43)94-71(107)62(36-45-40-90-55-20-6-2-15-50(45)55)99-72(108)63(37-46-41-91-56-21-7-3-16-51(46)56)97-69(105)60(25-13-33-88-77(84)85)95-70(106)61(35-44-39-89-54-19-5-1-14-49(44)54)96-66(102)53(79)18-11-31-86-75(80)81/h1-8,14-17,19-22,26-29,39-42,53,58-65,89-92,101H,9-13,18,23-25,30-38,78-79H2,(H,93,103)(H,94,107)(H,95,106)(H,96,102)(H,97,105)(H,98,104)(H,99,108)(H,100,109)(H,110,111)(H4,80,81,86)(H4,82,83,87)(H4,84,85,88)/t53-,58-,59-,60-,61-,62-,63-,64-,65-/m0/s1. The lowest BCUT2D eigenvalue weighted by atomic mass is 10.00. The molecule has 0 aliphatic carbocycles. The summed E-state index contributed by atoms with van der Waals surface area (Å²) in [7, 11) is 0. The summed E-state index contributed by atoms with van der Waals surface area (Å²) in [5, 5.41) is 76.8. The maximum absolute atomic E-state index is 15.7. The SMILES string of the molecule is N=C(N)NCCC[C@H](NC(=O)[C@H](CCCCN)NC(=O)[C@H](Cc1c[nH]c2ccccc12)NC(=O)[C@H](Cc1c[nH]c2ccccc12)NC(=O)[C@H](CCCNC(=N)N)NC(=O)[C@H](Cc1c[nH]c2ccccc12)NC(=O)[C@@H](N)CCCNC(=N)N)C(=O)N[C@@H](Cc1c[nH]c2ccccc12)C(=O)N[C@@H](Cc1ccc(O)cc1)C(=O)O. The summed E-state index contributed by atoms with van der Waals surface area (Å²) in [6.45, 7) is 0.573. The van der Waals surface area contributed by atoms with Crippen LogP contribution in [0.25, 0.3) is 43.6 Å². The number of carbonyl (C=O) groups excluding carboxylic acids is 8. The Morgan fingerprint density at radius 1 is 0.351 bits per heavy atom. The van der Waals surface area contributed by atoms with Crippen molar-refractivity contribution in [3.63, 3.8) is 0 Å². The first-order valence-corrected chi connectivity index (χ1v) is 36.7. The number of fused-ring (bicyclic) bond motifs is 4. The lowest BCUT2D eigenvalue weighted by molar-refractivity contribution is -0.142. The monoisotopic (exact) mass is 1520 g/mol. The van der Waals surface area contributed by atoms with Crippen LogP contribution in [0.2, 0.25) is 0 Å². The number of hydrogen-bond acceptors (Lipinski definition) is 15. The molecule has 34 heteroatoms. The van der Waals surface area contributed by atoms with E-state index in [0.717, 1.165) is 10.9 Å². The number of carboxylic acid groups (broad SMARTS) is 1. The number of aromatic hydroxyl groups is 1. The molecule has 9 rings (SSSR count). The number of nitrogens with one attached hydrogen (secondary N) is 18. The van der Waals surface area contributed by atoms with Crippen LogP contribution in [0.5, 0.6) is 5.75 Å². The summed E-state index contributed by atoms with van der Waals surface area (Å²) in [6.07, 6.45) is 6.94. The average molecular weight is 1520 g/mol. The molecule has 0 saturated heterocycles. The first-order chi connectivity index (χ1) is 53.4. The van der Waals surface area contributed by atoms with E-state index in [0.29, 0.717) is 73.4 Å². The van der Waals surface area contributed by atoms with Gasteiger partial charge in [0.2, 0.25) is 47.3 Å². The van der Waals surface area contributed by atoms with Crippen LogP contribution >= 0.6 is 0 Å². The minimum atomic E-state index is -1.54. The molecule has 30 N–H and O–H groups in total. The molecule has 0 spiro atoms. The third-order valence-electron chi connectivity index (χ3n) is 19.1. The zero-order chi connectivity index (χ0) is 79.5. The van der Waals surface area contributed by atoms with Gasteiger partial charge >= 0.3 is 5.97 Å². The van der Waals surface area contributed by atoms with Crippen molar-refractivity contribution in [2.45, 2.75) is 144 Å². The minimum Gasteiger partial charge on any atom is -0.508 e. The van der Waals surface area contributed by atoms with Crippen molar-refractivity contribution < 1.29 is 53.4 Å². The molecule has 0 fully saturated rings. The molecule has 9 atom stereocenters. The van der Waals surface area contributed by atoms with Crippen LogP contribution in [0.3, 0.4) is 0 Å². The summed E-state index contributed by atoms with van der Waals surface area (Å²) in [4.78, 5) is 146.